The van der Waals surface area contributed by atoms with E-state index in [4.69, 9.17) is 4.74 Å². The first-order valence-corrected chi connectivity index (χ1v) is 11.1. The number of likely N-dealkylation sites (tertiary alicyclic amines) is 1. The van der Waals surface area contributed by atoms with Crippen LogP contribution < -0.4 is 10.6 Å². The molecule has 2 N–H and O–H groups in total. The van der Waals surface area contributed by atoms with E-state index in [0.717, 1.165) is 32.8 Å². The fourth-order valence-electron chi connectivity index (χ4n) is 4.25. The van der Waals surface area contributed by atoms with Crippen LogP contribution in [0.2, 0.25) is 0 Å². The minimum absolute atomic E-state index is 0.0138. The van der Waals surface area contributed by atoms with Crippen LogP contribution in [0.5, 0.6) is 0 Å². The lowest BCUT2D eigenvalue weighted by molar-refractivity contribution is -0.114. The van der Waals surface area contributed by atoms with E-state index in [9.17, 15) is 9.18 Å². The Kier molecular flexibility index (Phi) is 7.34. The van der Waals surface area contributed by atoms with E-state index in [1.807, 2.05) is 13.0 Å². The molecule has 2 saturated heterocycles. The molecule has 7 nitrogen and oxygen atoms in total. The van der Waals surface area contributed by atoms with Crippen LogP contribution in [0.1, 0.15) is 12.5 Å². The van der Waals surface area contributed by atoms with Crippen molar-refractivity contribution in [3.05, 3.63) is 66.0 Å². The molecule has 2 aromatic rings. The number of benzene rings is 2. The van der Waals surface area contributed by atoms with Gasteiger partial charge in [-0.3, -0.25) is 9.69 Å². The van der Waals surface area contributed by atoms with Crippen LogP contribution in [0.25, 0.3) is 0 Å². The molecule has 1 amide bonds. The largest absolute Gasteiger partial charge is 0.373 e. The van der Waals surface area contributed by atoms with Gasteiger partial charge >= 0.3 is 0 Å². The number of carbonyl (C=O) groups is 1. The van der Waals surface area contributed by atoms with Crippen molar-refractivity contribution in [3.8, 4) is 0 Å². The fourth-order valence-corrected chi connectivity index (χ4v) is 4.25. The van der Waals surface area contributed by atoms with Crippen LogP contribution in [0.3, 0.4) is 0 Å². The van der Waals surface area contributed by atoms with Crippen LogP contribution in [-0.4, -0.2) is 73.1 Å². The summed E-state index contributed by atoms with van der Waals surface area (Å²) in [5.74, 6) is 0.125. The number of carbonyl (C=O) groups excluding carboxylic acids is 1. The second kappa shape index (κ2) is 10.6. The van der Waals surface area contributed by atoms with Gasteiger partial charge < -0.3 is 20.3 Å². The first kappa shape index (κ1) is 22.2. The van der Waals surface area contributed by atoms with E-state index >= 15 is 0 Å². The molecular weight excluding hydrogens is 409 g/mol. The number of nitrogens with zero attached hydrogens (tertiary/aromatic N) is 3. The molecule has 0 aromatic heterocycles. The van der Waals surface area contributed by atoms with Crippen LogP contribution in [0.4, 0.5) is 10.1 Å². The number of halogens is 1. The average molecular weight is 440 g/mol. The highest BCUT2D eigenvalue weighted by Gasteiger charge is 2.41. The number of nitrogens with one attached hydrogen (secondary N) is 2. The Morgan fingerprint density at radius 2 is 1.94 bits per heavy atom. The highest BCUT2D eigenvalue weighted by atomic mass is 19.1. The molecule has 2 heterocycles. The Bertz CT molecular complexity index is 922. The first-order chi connectivity index (χ1) is 15.6. The summed E-state index contributed by atoms with van der Waals surface area (Å²) in [5, 5.41) is 6.05. The van der Waals surface area contributed by atoms with Crippen LogP contribution in [0.15, 0.2) is 59.6 Å². The molecule has 2 fully saturated rings. The molecule has 0 spiro atoms. The number of fused-ring (bicyclic) bond motifs is 1. The van der Waals surface area contributed by atoms with E-state index in [-0.39, 0.29) is 30.4 Å². The number of amides is 1. The number of rotatable bonds is 6. The smallest absolute Gasteiger partial charge is 0.246 e. The Balaban J connectivity index is 1.38. The zero-order valence-electron chi connectivity index (χ0n) is 18.3. The maximum atomic E-state index is 13.0. The summed E-state index contributed by atoms with van der Waals surface area (Å²) >= 11 is 0. The topological polar surface area (TPSA) is 69.2 Å². The van der Waals surface area contributed by atoms with Crippen molar-refractivity contribution in [1.29, 1.82) is 0 Å². The van der Waals surface area contributed by atoms with Gasteiger partial charge in [-0.2, -0.15) is 0 Å². The number of aliphatic imine (C=N–C) groups is 1. The van der Waals surface area contributed by atoms with Gasteiger partial charge in [0, 0.05) is 38.4 Å². The van der Waals surface area contributed by atoms with E-state index in [1.165, 1.54) is 29.8 Å². The summed E-state index contributed by atoms with van der Waals surface area (Å²) in [6, 6.07) is 16.5. The highest BCUT2D eigenvalue weighted by Crippen LogP contribution is 2.24. The molecule has 2 aliphatic heterocycles. The third kappa shape index (κ3) is 5.63. The van der Waals surface area contributed by atoms with E-state index in [0.29, 0.717) is 18.2 Å². The molecule has 0 bridgehead atoms. The molecule has 170 valence electrons. The maximum Gasteiger partial charge on any atom is 0.246 e. The Labute approximate surface area is 188 Å². The Hall–Kier alpha value is -2.97. The van der Waals surface area contributed by atoms with Crippen molar-refractivity contribution >= 4 is 17.6 Å². The summed E-state index contributed by atoms with van der Waals surface area (Å²) in [4.78, 5) is 21.5. The summed E-state index contributed by atoms with van der Waals surface area (Å²) < 4.78 is 19.1. The zero-order chi connectivity index (χ0) is 22.3. The van der Waals surface area contributed by atoms with Crippen molar-refractivity contribution in [2.75, 3.05) is 44.6 Å². The van der Waals surface area contributed by atoms with E-state index < -0.39 is 0 Å². The molecule has 4 rings (SSSR count). The summed E-state index contributed by atoms with van der Waals surface area (Å²) in [6.07, 6.45) is 0.115. The molecule has 8 heteroatoms. The van der Waals surface area contributed by atoms with Crippen molar-refractivity contribution in [2.24, 2.45) is 4.99 Å². The molecular formula is C24H30FN5O2. The summed E-state index contributed by atoms with van der Waals surface area (Å²) in [7, 11) is 0. The number of anilines is 1. The Morgan fingerprint density at radius 3 is 2.69 bits per heavy atom. The summed E-state index contributed by atoms with van der Waals surface area (Å²) in [5.41, 5.74) is 1.85. The standard InChI is InChI=1S/C24H30FN5O2/c1-2-26-24(27-14-23(31)28-20-10-8-19(25)9-11-20)30-16-21-22(17-30)32-13-12-29(21)15-18-6-4-3-5-7-18/h3-11,21-22H,2,12-17H2,1H3,(H,26,27)(H,28,31). The van der Waals surface area contributed by atoms with Gasteiger partial charge in [0.25, 0.3) is 0 Å². The van der Waals surface area contributed by atoms with Gasteiger partial charge in [0.15, 0.2) is 5.96 Å². The molecule has 0 aliphatic carbocycles. The van der Waals surface area contributed by atoms with Gasteiger partial charge in [0.1, 0.15) is 12.4 Å². The van der Waals surface area contributed by atoms with Gasteiger partial charge in [0.2, 0.25) is 5.91 Å². The van der Waals surface area contributed by atoms with E-state index in [1.54, 1.807) is 0 Å². The minimum atomic E-state index is -0.338. The van der Waals surface area contributed by atoms with Crippen molar-refractivity contribution in [1.82, 2.24) is 15.1 Å². The molecule has 2 aromatic carbocycles. The van der Waals surface area contributed by atoms with Crippen LogP contribution >= 0.6 is 0 Å². The van der Waals surface area contributed by atoms with Crippen molar-refractivity contribution in [2.45, 2.75) is 25.6 Å². The number of hydrogen-bond donors (Lipinski definition) is 2. The van der Waals surface area contributed by atoms with Crippen LogP contribution in [-0.2, 0) is 16.1 Å². The van der Waals surface area contributed by atoms with Gasteiger partial charge in [-0.05, 0) is 36.8 Å². The van der Waals surface area contributed by atoms with Gasteiger partial charge in [-0.25, -0.2) is 9.38 Å². The lowest BCUT2D eigenvalue weighted by Crippen LogP contribution is -2.50. The predicted octanol–water partition coefficient (Wildman–Crippen LogP) is 2.31. The number of ether oxygens (including phenoxy) is 1. The quantitative estimate of drug-likeness (QED) is 0.534. The molecule has 0 radical (unpaired) electrons. The maximum absolute atomic E-state index is 13.0. The number of hydrogen-bond acceptors (Lipinski definition) is 4. The number of morpholine rings is 1. The predicted molar refractivity (Wildman–Crippen MR) is 123 cm³/mol. The third-order valence-electron chi connectivity index (χ3n) is 5.78. The van der Waals surface area contributed by atoms with Crippen molar-refractivity contribution in [3.63, 3.8) is 0 Å². The SMILES string of the molecule is CCNC(=NCC(=O)Nc1ccc(F)cc1)N1CC2OCCN(Cc3ccccc3)C2C1. The second-order valence-electron chi connectivity index (χ2n) is 8.06. The van der Waals surface area contributed by atoms with E-state index in [2.05, 4.69) is 49.7 Å². The molecule has 32 heavy (non-hydrogen) atoms. The molecule has 0 saturated carbocycles. The second-order valence-corrected chi connectivity index (χ2v) is 8.06. The Morgan fingerprint density at radius 1 is 1.16 bits per heavy atom. The molecule has 2 unspecified atom stereocenters. The monoisotopic (exact) mass is 439 g/mol. The highest BCUT2D eigenvalue weighted by molar-refractivity contribution is 5.94. The fraction of sp³-hybridized carbons (Fsp3) is 0.417. The van der Waals surface area contributed by atoms with Gasteiger partial charge in [-0.15, -0.1) is 0 Å². The van der Waals surface area contributed by atoms with Gasteiger partial charge in [0.05, 0.1) is 18.8 Å². The molecule has 2 aliphatic rings. The lowest BCUT2D eigenvalue weighted by Gasteiger charge is -2.36. The summed E-state index contributed by atoms with van der Waals surface area (Å²) in [6.45, 7) is 6.75. The average Bonchev–Trinajstić information content (AvgIpc) is 3.24. The first-order valence-electron chi connectivity index (χ1n) is 11.1. The normalized spacial score (nSPS) is 21.3. The third-order valence-corrected chi connectivity index (χ3v) is 5.78. The zero-order valence-corrected chi connectivity index (χ0v) is 18.3. The molecule has 2 atom stereocenters. The lowest BCUT2D eigenvalue weighted by atomic mass is 10.1. The van der Waals surface area contributed by atoms with Crippen LogP contribution in [0, 0.1) is 5.82 Å². The minimum Gasteiger partial charge on any atom is -0.373 e. The van der Waals surface area contributed by atoms with Crippen molar-refractivity contribution < 1.29 is 13.9 Å². The van der Waals surface area contributed by atoms with Gasteiger partial charge in [-0.1, -0.05) is 30.3 Å². The number of guanidine groups is 1.